The van der Waals surface area contributed by atoms with Crippen molar-refractivity contribution in [2.75, 3.05) is 25.5 Å². The molecule has 0 aliphatic carbocycles. The maximum Gasteiger partial charge on any atom is 0.524 e. The van der Waals surface area contributed by atoms with Gasteiger partial charge in [0.2, 0.25) is 5.91 Å². The first kappa shape index (κ1) is 37.4. The molecular weight excluding hydrogens is 683 g/mol. The third-order valence-electron chi connectivity index (χ3n) is 8.26. The molecule has 17 heteroatoms. The Morgan fingerprint density at radius 1 is 1.00 bits per heavy atom. The number of aromatic nitrogens is 3. The SMILES string of the molecule is CCCCc1nc2c(N)nc3cc(CCOCCNC(=O)CCC(=O)ON4C(=O)CCC4=O)ccc3c2n1Cc1ccc(OP(=O)(O)O)c(C)c1. The number of carbonyl (C=O) groups excluding carboxylic acids is 4. The number of hydrogen-bond donors (Lipinski definition) is 4. The summed E-state index contributed by atoms with van der Waals surface area (Å²) in [5, 5.41) is 3.99. The number of nitrogens with one attached hydrogen (secondary N) is 1. The molecule has 1 aliphatic heterocycles. The zero-order chi connectivity index (χ0) is 36.7. The molecule has 3 heterocycles. The number of pyridine rings is 1. The van der Waals surface area contributed by atoms with Crippen molar-refractivity contribution in [3.63, 3.8) is 0 Å². The van der Waals surface area contributed by atoms with Crippen LogP contribution < -0.4 is 15.6 Å². The smallest absolute Gasteiger partial charge is 0.404 e. The number of nitrogens with zero attached hydrogens (tertiary/aromatic N) is 4. The Morgan fingerprint density at radius 2 is 1.75 bits per heavy atom. The van der Waals surface area contributed by atoms with Crippen LogP contribution in [0.3, 0.4) is 0 Å². The number of rotatable bonds is 17. The summed E-state index contributed by atoms with van der Waals surface area (Å²) >= 11 is 0. The van der Waals surface area contributed by atoms with Crippen LogP contribution in [0, 0.1) is 6.92 Å². The van der Waals surface area contributed by atoms with E-state index in [1.807, 2.05) is 24.3 Å². The van der Waals surface area contributed by atoms with Crippen LogP contribution in [-0.2, 0) is 52.7 Å². The molecule has 16 nitrogen and oxygen atoms in total. The fourth-order valence-corrected chi connectivity index (χ4v) is 6.20. The zero-order valence-electron chi connectivity index (χ0n) is 28.4. The van der Waals surface area contributed by atoms with E-state index in [9.17, 15) is 33.5 Å². The number of aryl methyl sites for hydroxylation is 2. The van der Waals surface area contributed by atoms with Gasteiger partial charge in [-0.25, -0.2) is 19.3 Å². The van der Waals surface area contributed by atoms with Crippen molar-refractivity contribution < 1.29 is 47.6 Å². The molecule has 0 spiro atoms. The van der Waals surface area contributed by atoms with Gasteiger partial charge in [-0.15, -0.1) is 5.06 Å². The molecule has 3 amide bonds. The Labute approximate surface area is 293 Å². The fraction of sp³-hybridized carbons (Fsp3) is 0.412. The Balaban J connectivity index is 1.19. The van der Waals surface area contributed by atoms with E-state index in [1.54, 1.807) is 19.1 Å². The Morgan fingerprint density at radius 3 is 2.45 bits per heavy atom. The zero-order valence-corrected chi connectivity index (χ0v) is 29.3. The van der Waals surface area contributed by atoms with Gasteiger partial charge >= 0.3 is 13.8 Å². The highest BCUT2D eigenvalue weighted by atomic mass is 31.2. The van der Waals surface area contributed by atoms with Crippen LogP contribution >= 0.6 is 7.82 Å². The van der Waals surface area contributed by atoms with Gasteiger partial charge in [0.05, 0.1) is 30.7 Å². The number of carbonyl (C=O) groups is 4. The van der Waals surface area contributed by atoms with Crippen LogP contribution in [-0.4, -0.2) is 72.8 Å². The number of benzene rings is 2. The lowest BCUT2D eigenvalue weighted by molar-refractivity contribution is -0.197. The number of fused-ring (bicyclic) bond motifs is 3. The molecule has 4 aromatic rings. The van der Waals surface area contributed by atoms with Gasteiger partial charge in [0, 0.05) is 44.2 Å². The average molecular weight is 725 g/mol. The summed E-state index contributed by atoms with van der Waals surface area (Å²) in [4.78, 5) is 79.8. The molecular formula is C34H41N6O10P. The molecule has 0 unspecified atom stereocenters. The van der Waals surface area contributed by atoms with Crippen LogP contribution in [0.4, 0.5) is 5.82 Å². The first-order chi connectivity index (χ1) is 24.3. The second-order valence-corrected chi connectivity index (χ2v) is 13.4. The Hall–Kier alpha value is -4.89. The number of ether oxygens (including phenoxy) is 1. The summed E-state index contributed by atoms with van der Waals surface area (Å²) in [5.41, 5.74) is 11.1. The van der Waals surface area contributed by atoms with E-state index in [0.29, 0.717) is 47.1 Å². The van der Waals surface area contributed by atoms with Crippen molar-refractivity contribution in [3.8, 4) is 5.75 Å². The van der Waals surface area contributed by atoms with E-state index in [4.69, 9.17) is 24.8 Å². The maximum atomic E-state index is 12.1. The maximum absolute atomic E-state index is 12.1. The van der Waals surface area contributed by atoms with Gasteiger partial charge < -0.3 is 29.7 Å². The third kappa shape index (κ3) is 9.67. The van der Waals surface area contributed by atoms with Crippen molar-refractivity contribution in [2.45, 2.75) is 71.8 Å². The number of unbranched alkanes of at least 4 members (excludes halogenated alkanes) is 1. The summed E-state index contributed by atoms with van der Waals surface area (Å²) in [6.45, 7) is 5.14. The second-order valence-electron chi connectivity index (χ2n) is 12.2. The van der Waals surface area contributed by atoms with Crippen molar-refractivity contribution >= 4 is 59.3 Å². The summed E-state index contributed by atoms with van der Waals surface area (Å²) in [6, 6.07) is 11.1. The number of anilines is 1. The number of nitrogen functional groups attached to an aromatic ring is 1. The van der Waals surface area contributed by atoms with Gasteiger partial charge in [-0.1, -0.05) is 37.6 Å². The van der Waals surface area contributed by atoms with Gasteiger partial charge in [0.1, 0.15) is 17.1 Å². The standard InChI is InChI=1S/C34H41N6O10P/c1-3-4-5-27-38-32-33(39(27)20-23-7-9-26(21(2)18-23)50-51(45,46)47)24-8-6-22(19-25(24)37-34(32)35)14-16-48-17-15-36-28(41)10-13-31(44)49-40-29(42)11-12-30(40)43/h6-9,18-19H,3-5,10-17,20H2,1-2H3,(H2,35,37)(H,36,41)(H2,45,46,47). The van der Waals surface area contributed by atoms with E-state index >= 15 is 0 Å². The lowest BCUT2D eigenvalue weighted by Gasteiger charge is -2.14. The first-order valence-electron chi connectivity index (χ1n) is 16.7. The molecule has 2 aromatic carbocycles. The molecule has 272 valence electrons. The largest absolute Gasteiger partial charge is 0.524 e. The van der Waals surface area contributed by atoms with Gasteiger partial charge in [-0.2, -0.15) is 0 Å². The number of phosphoric acid groups is 1. The lowest BCUT2D eigenvalue weighted by atomic mass is 10.1. The minimum absolute atomic E-state index is 0.00226. The van der Waals surface area contributed by atoms with Crippen molar-refractivity contribution in [3.05, 3.63) is 58.9 Å². The Kier molecular flexibility index (Phi) is 12.0. The molecule has 1 fully saturated rings. The number of hydrogen-bond acceptors (Lipinski definition) is 11. The van der Waals surface area contributed by atoms with Gasteiger partial charge in [-0.3, -0.25) is 24.2 Å². The molecule has 0 atom stereocenters. The summed E-state index contributed by atoms with van der Waals surface area (Å²) in [5.74, 6) is -1.10. The molecule has 51 heavy (non-hydrogen) atoms. The predicted molar refractivity (Wildman–Crippen MR) is 185 cm³/mol. The first-order valence-corrected chi connectivity index (χ1v) is 18.2. The third-order valence-corrected chi connectivity index (χ3v) is 8.69. The van der Waals surface area contributed by atoms with E-state index in [2.05, 4.69) is 21.8 Å². The van der Waals surface area contributed by atoms with E-state index in [-0.39, 0.29) is 44.6 Å². The molecule has 0 radical (unpaired) electrons. The number of phosphoric ester groups is 1. The topological polar surface area (TPSA) is 225 Å². The highest BCUT2D eigenvalue weighted by Gasteiger charge is 2.32. The monoisotopic (exact) mass is 724 g/mol. The van der Waals surface area contributed by atoms with Crippen LogP contribution in [0.15, 0.2) is 36.4 Å². The van der Waals surface area contributed by atoms with Gasteiger partial charge in [0.15, 0.2) is 5.82 Å². The summed E-state index contributed by atoms with van der Waals surface area (Å²) in [6.07, 6.45) is 2.77. The Bertz CT molecular complexity index is 1990. The lowest BCUT2D eigenvalue weighted by Crippen LogP contribution is -2.33. The number of amides is 3. The molecule has 1 aliphatic rings. The minimum atomic E-state index is -4.69. The summed E-state index contributed by atoms with van der Waals surface area (Å²) < 4.78 is 24.0. The van der Waals surface area contributed by atoms with E-state index in [0.717, 1.165) is 47.1 Å². The van der Waals surface area contributed by atoms with Crippen molar-refractivity contribution in [1.82, 2.24) is 24.9 Å². The van der Waals surface area contributed by atoms with E-state index < -0.39 is 31.5 Å². The highest BCUT2D eigenvalue weighted by Crippen LogP contribution is 2.39. The molecule has 2 aromatic heterocycles. The number of nitrogens with two attached hydrogens (primary N) is 1. The quantitative estimate of drug-likeness (QED) is 0.0697. The number of imide groups is 1. The molecule has 0 bridgehead atoms. The van der Waals surface area contributed by atoms with Crippen molar-refractivity contribution in [2.24, 2.45) is 0 Å². The highest BCUT2D eigenvalue weighted by molar-refractivity contribution is 7.46. The normalized spacial score (nSPS) is 13.4. The number of imidazole rings is 1. The van der Waals surface area contributed by atoms with Crippen molar-refractivity contribution in [1.29, 1.82) is 0 Å². The predicted octanol–water partition coefficient (Wildman–Crippen LogP) is 3.40. The van der Waals surface area contributed by atoms with Crippen LogP contribution in [0.5, 0.6) is 5.75 Å². The fourth-order valence-electron chi connectivity index (χ4n) is 5.74. The van der Waals surface area contributed by atoms with Gasteiger partial charge in [-0.05, 0) is 48.6 Å². The summed E-state index contributed by atoms with van der Waals surface area (Å²) in [7, 11) is -4.69. The molecule has 5 rings (SSSR count). The number of hydroxylamine groups is 2. The van der Waals surface area contributed by atoms with E-state index in [1.165, 1.54) is 0 Å². The average Bonchev–Trinajstić information content (AvgIpc) is 3.60. The molecule has 0 saturated carbocycles. The van der Waals surface area contributed by atoms with Crippen LogP contribution in [0.25, 0.3) is 21.9 Å². The van der Waals surface area contributed by atoms with Gasteiger partial charge in [0.25, 0.3) is 11.8 Å². The molecule has 1 saturated heterocycles. The minimum Gasteiger partial charge on any atom is -0.404 e. The molecule has 5 N–H and O–H groups in total. The second kappa shape index (κ2) is 16.4. The van der Waals surface area contributed by atoms with Crippen LogP contribution in [0.1, 0.15) is 68.0 Å². The van der Waals surface area contributed by atoms with Crippen LogP contribution in [0.2, 0.25) is 0 Å².